The summed E-state index contributed by atoms with van der Waals surface area (Å²) in [6, 6.07) is 18.4. The normalized spacial score (nSPS) is 10.7. The van der Waals surface area contributed by atoms with Crippen LogP contribution < -0.4 is 20.3 Å². The van der Waals surface area contributed by atoms with Crippen molar-refractivity contribution in [3.05, 3.63) is 70.7 Å². The molecule has 6 nitrogen and oxygen atoms in total. The molecule has 156 valence electrons. The lowest BCUT2D eigenvalue weighted by molar-refractivity contribution is -0.123. The minimum absolute atomic E-state index is 0.241. The largest absolute Gasteiger partial charge is 0.493 e. The number of carbonyl (C=O) groups excluding carboxylic acids is 2. The second-order valence-corrected chi connectivity index (χ2v) is 7.92. The molecule has 0 radical (unpaired) electrons. The fourth-order valence-corrected chi connectivity index (χ4v) is 3.30. The molecule has 0 saturated heterocycles. The van der Waals surface area contributed by atoms with Crippen molar-refractivity contribution < 1.29 is 19.1 Å². The Labute approximate surface area is 183 Å². The molecule has 0 spiro atoms. The first-order valence-corrected chi connectivity index (χ1v) is 10.4. The minimum Gasteiger partial charge on any atom is -0.493 e. The van der Waals surface area contributed by atoms with Crippen LogP contribution in [0.2, 0.25) is 0 Å². The summed E-state index contributed by atoms with van der Waals surface area (Å²) in [5.74, 6) is 0.614. The first-order chi connectivity index (χ1) is 14.4. The summed E-state index contributed by atoms with van der Waals surface area (Å²) in [6.45, 7) is 4.41. The van der Waals surface area contributed by atoms with E-state index in [2.05, 4.69) is 26.8 Å². The third-order valence-corrected chi connectivity index (χ3v) is 5.00. The van der Waals surface area contributed by atoms with Gasteiger partial charge in [-0.25, -0.2) is 0 Å². The molecule has 0 aliphatic heterocycles. The lowest BCUT2D eigenvalue weighted by atomic mass is 10.1. The van der Waals surface area contributed by atoms with E-state index in [4.69, 9.17) is 9.47 Å². The first-order valence-electron chi connectivity index (χ1n) is 9.56. The van der Waals surface area contributed by atoms with E-state index in [1.165, 1.54) is 0 Å². The van der Waals surface area contributed by atoms with Gasteiger partial charge in [0.25, 0.3) is 11.8 Å². The maximum absolute atomic E-state index is 12.3. The van der Waals surface area contributed by atoms with Crippen LogP contribution in [0.15, 0.2) is 65.1 Å². The third-order valence-electron chi connectivity index (χ3n) is 4.18. The van der Waals surface area contributed by atoms with Gasteiger partial charge in [-0.3, -0.25) is 20.4 Å². The molecule has 30 heavy (non-hydrogen) atoms. The average Bonchev–Trinajstić information content (AvgIpc) is 2.76. The number of carbonyl (C=O) groups is 2. The van der Waals surface area contributed by atoms with Gasteiger partial charge in [0, 0.05) is 5.56 Å². The van der Waals surface area contributed by atoms with Gasteiger partial charge in [-0.05, 0) is 56.9 Å². The van der Waals surface area contributed by atoms with Crippen molar-refractivity contribution in [1.82, 2.24) is 10.9 Å². The van der Waals surface area contributed by atoms with Crippen molar-refractivity contribution >= 4 is 38.5 Å². The molecule has 0 aromatic heterocycles. The predicted molar refractivity (Wildman–Crippen MR) is 120 cm³/mol. The average molecular weight is 471 g/mol. The van der Waals surface area contributed by atoms with Crippen LogP contribution in [0.25, 0.3) is 10.8 Å². The number of rotatable bonds is 7. The molecule has 7 heteroatoms. The molecule has 0 bridgehead atoms. The van der Waals surface area contributed by atoms with E-state index in [1.807, 2.05) is 44.2 Å². The number of amides is 2. The maximum Gasteiger partial charge on any atom is 0.276 e. The van der Waals surface area contributed by atoms with Gasteiger partial charge in [0.1, 0.15) is 11.5 Å². The van der Waals surface area contributed by atoms with Crippen molar-refractivity contribution in [2.24, 2.45) is 5.92 Å². The number of nitrogens with one attached hydrogen (secondary N) is 2. The molecule has 0 aliphatic rings. The van der Waals surface area contributed by atoms with Gasteiger partial charge in [-0.15, -0.1) is 0 Å². The summed E-state index contributed by atoms with van der Waals surface area (Å²) in [5.41, 5.74) is 5.13. The van der Waals surface area contributed by atoms with Crippen LogP contribution >= 0.6 is 15.9 Å². The Kier molecular flexibility index (Phi) is 7.30. The predicted octanol–water partition coefficient (Wildman–Crippen LogP) is 4.48. The summed E-state index contributed by atoms with van der Waals surface area (Å²) in [6.07, 6.45) is 0. The van der Waals surface area contributed by atoms with Gasteiger partial charge >= 0.3 is 0 Å². The van der Waals surface area contributed by atoms with Crippen LogP contribution in [-0.2, 0) is 4.79 Å². The molecule has 0 unspecified atom stereocenters. The van der Waals surface area contributed by atoms with E-state index >= 15 is 0 Å². The maximum atomic E-state index is 12.3. The lowest BCUT2D eigenvalue weighted by Gasteiger charge is -2.12. The fraction of sp³-hybridized carbons (Fsp3) is 0.217. The molecule has 2 amide bonds. The molecule has 0 aliphatic carbocycles. The molecule has 3 rings (SSSR count). The number of fused-ring (bicyclic) bond motifs is 1. The van der Waals surface area contributed by atoms with Gasteiger partial charge in [-0.1, -0.05) is 50.2 Å². The van der Waals surface area contributed by atoms with Crippen LogP contribution in [0.3, 0.4) is 0 Å². The highest BCUT2D eigenvalue weighted by Gasteiger charge is 2.11. The summed E-state index contributed by atoms with van der Waals surface area (Å²) in [7, 11) is 0. The number of hydrazine groups is 1. The van der Waals surface area contributed by atoms with Crippen LogP contribution in [0.4, 0.5) is 0 Å². The summed E-state index contributed by atoms with van der Waals surface area (Å²) < 4.78 is 12.0. The van der Waals surface area contributed by atoms with Gasteiger partial charge in [0.15, 0.2) is 6.61 Å². The quantitative estimate of drug-likeness (QED) is 0.499. The Morgan fingerprint density at radius 3 is 2.57 bits per heavy atom. The highest BCUT2D eigenvalue weighted by atomic mass is 79.9. The van der Waals surface area contributed by atoms with E-state index in [9.17, 15) is 9.59 Å². The highest BCUT2D eigenvalue weighted by Crippen LogP contribution is 2.32. The summed E-state index contributed by atoms with van der Waals surface area (Å²) in [5, 5.41) is 2.05. The van der Waals surface area contributed by atoms with Crippen LogP contribution in [0.1, 0.15) is 24.2 Å². The van der Waals surface area contributed by atoms with Gasteiger partial charge in [0.2, 0.25) is 0 Å². The lowest BCUT2D eigenvalue weighted by Crippen LogP contribution is -2.43. The van der Waals surface area contributed by atoms with Crippen molar-refractivity contribution in [3.63, 3.8) is 0 Å². The topological polar surface area (TPSA) is 76.7 Å². The second-order valence-electron chi connectivity index (χ2n) is 7.12. The van der Waals surface area contributed by atoms with Crippen molar-refractivity contribution in [2.45, 2.75) is 13.8 Å². The fourth-order valence-electron chi connectivity index (χ4n) is 2.69. The first kappa shape index (κ1) is 21.6. The van der Waals surface area contributed by atoms with E-state index in [0.29, 0.717) is 29.6 Å². The Morgan fingerprint density at radius 1 is 0.967 bits per heavy atom. The highest BCUT2D eigenvalue weighted by molar-refractivity contribution is 9.10. The van der Waals surface area contributed by atoms with Crippen molar-refractivity contribution in [2.75, 3.05) is 13.2 Å². The van der Waals surface area contributed by atoms with E-state index in [1.54, 1.807) is 30.3 Å². The van der Waals surface area contributed by atoms with Crippen molar-refractivity contribution in [1.29, 1.82) is 0 Å². The molecule has 0 atom stereocenters. The Balaban J connectivity index is 1.52. The zero-order valence-corrected chi connectivity index (χ0v) is 18.4. The molecule has 0 saturated carbocycles. The van der Waals surface area contributed by atoms with Crippen LogP contribution in [0.5, 0.6) is 11.5 Å². The zero-order valence-electron chi connectivity index (χ0n) is 16.8. The summed E-state index contributed by atoms with van der Waals surface area (Å²) >= 11 is 3.51. The smallest absolute Gasteiger partial charge is 0.276 e. The number of hydrogen-bond acceptors (Lipinski definition) is 4. The van der Waals surface area contributed by atoms with Gasteiger partial charge in [0.05, 0.1) is 11.1 Å². The Hall–Kier alpha value is -3.06. The van der Waals surface area contributed by atoms with E-state index < -0.39 is 11.8 Å². The number of ether oxygens (including phenoxy) is 2. The second kappa shape index (κ2) is 10.1. The number of hydrogen-bond donors (Lipinski definition) is 2. The molecule has 0 fully saturated rings. The monoisotopic (exact) mass is 470 g/mol. The Bertz CT molecular complexity index is 1050. The van der Waals surface area contributed by atoms with E-state index in [-0.39, 0.29) is 6.61 Å². The standard InChI is InChI=1S/C23H23BrN2O4/c1-15(2)13-29-18-8-5-7-17(12-18)23(28)26-25-21(27)14-30-20-11-10-16-6-3-4-9-19(16)22(20)24/h3-12,15H,13-14H2,1-2H3,(H,25,27)(H,26,28). The SMILES string of the molecule is CC(C)COc1cccc(C(=O)NNC(=O)COc2ccc3ccccc3c2Br)c1. The molecule has 3 aromatic rings. The summed E-state index contributed by atoms with van der Waals surface area (Å²) in [4.78, 5) is 24.4. The van der Waals surface area contributed by atoms with Crippen molar-refractivity contribution in [3.8, 4) is 11.5 Å². The Morgan fingerprint density at radius 2 is 1.77 bits per heavy atom. The molecule has 3 aromatic carbocycles. The molecular formula is C23H23BrN2O4. The number of benzene rings is 3. The molecular weight excluding hydrogens is 448 g/mol. The third kappa shape index (κ3) is 5.73. The van der Waals surface area contributed by atoms with Crippen LogP contribution in [0, 0.1) is 5.92 Å². The zero-order chi connectivity index (χ0) is 21.5. The van der Waals surface area contributed by atoms with Gasteiger partial charge in [-0.2, -0.15) is 0 Å². The van der Waals surface area contributed by atoms with E-state index in [0.717, 1.165) is 15.2 Å². The molecule has 2 N–H and O–H groups in total. The van der Waals surface area contributed by atoms with Crippen LogP contribution in [-0.4, -0.2) is 25.0 Å². The minimum atomic E-state index is -0.476. The van der Waals surface area contributed by atoms with Gasteiger partial charge < -0.3 is 9.47 Å². The molecule has 0 heterocycles. The number of halogens is 1.